The van der Waals surface area contributed by atoms with E-state index in [9.17, 15) is 0 Å². The molecule has 0 nitrogen and oxygen atoms in total. The minimum Gasteiger partial charge on any atom is -0.269 e. The van der Waals surface area contributed by atoms with Gasteiger partial charge in [-0.3, -0.25) is 9.41 Å². The SMILES string of the molecule is CC[C]1([Hf])C=Cc2ccccc21.F.F. The Morgan fingerprint density at radius 3 is 2.50 bits per heavy atom. The minimum absolute atomic E-state index is 0. The van der Waals surface area contributed by atoms with Crippen LogP contribution in [0, 0.1) is 0 Å². The van der Waals surface area contributed by atoms with Crippen LogP contribution in [0.5, 0.6) is 0 Å². The average Bonchev–Trinajstić information content (AvgIpc) is 2.46. The Bertz CT molecular complexity index is 336. The molecule has 1 aliphatic rings. The Hall–Kier alpha value is -0.310. The third-order valence-corrected chi connectivity index (χ3v) is 5.38. The molecule has 3 heteroatoms. The van der Waals surface area contributed by atoms with Gasteiger partial charge in [-0.15, -0.1) is 0 Å². The molecule has 0 saturated carbocycles. The molecule has 0 spiro atoms. The monoisotopic (exact) mass is 363 g/mol. The van der Waals surface area contributed by atoms with Crippen LogP contribution in [0.1, 0.15) is 24.5 Å². The van der Waals surface area contributed by atoms with Crippen LogP contribution >= 0.6 is 0 Å². The van der Waals surface area contributed by atoms with Crippen LogP contribution in [-0.2, 0) is 27.5 Å². The molecule has 14 heavy (non-hydrogen) atoms. The first kappa shape index (κ1) is 13.7. The van der Waals surface area contributed by atoms with Gasteiger partial charge in [-0.1, -0.05) is 0 Å². The Labute approximate surface area is 97.7 Å². The standard InChI is InChI=1S/C11H11.2FH.Hf/c1-2-9-7-8-10-5-3-4-6-11(9)10;;;/h3-8H,2H2,1H3;2*1H;. The van der Waals surface area contributed by atoms with Crippen molar-refractivity contribution in [2.75, 3.05) is 0 Å². The van der Waals surface area contributed by atoms with Crippen molar-refractivity contribution in [3.63, 3.8) is 0 Å². The van der Waals surface area contributed by atoms with Gasteiger partial charge in [0.2, 0.25) is 0 Å². The maximum atomic E-state index is 2.38. The molecule has 1 unspecified atom stereocenters. The Balaban J connectivity index is 0.000000845. The van der Waals surface area contributed by atoms with Gasteiger partial charge in [-0.25, -0.2) is 0 Å². The average molecular weight is 362 g/mol. The fourth-order valence-electron chi connectivity index (χ4n) is 1.68. The summed E-state index contributed by atoms with van der Waals surface area (Å²) in [6.45, 7) is 2.28. The van der Waals surface area contributed by atoms with Crippen molar-refractivity contribution in [2.45, 2.75) is 16.5 Å². The molecule has 0 aromatic heterocycles. The van der Waals surface area contributed by atoms with Crippen LogP contribution in [0.4, 0.5) is 9.41 Å². The van der Waals surface area contributed by atoms with Gasteiger partial charge in [-0.05, 0) is 0 Å². The fourth-order valence-corrected chi connectivity index (χ4v) is 2.80. The second-order valence-electron chi connectivity index (χ2n) is 3.25. The third kappa shape index (κ3) is 2.02. The molecule has 0 aliphatic heterocycles. The van der Waals surface area contributed by atoms with Crippen molar-refractivity contribution in [3.8, 4) is 0 Å². The van der Waals surface area contributed by atoms with Crippen molar-refractivity contribution in [3.05, 3.63) is 41.5 Å². The number of halogens is 2. The van der Waals surface area contributed by atoms with E-state index in [1.54, 1.807) is 5.56 Å². The molecule has 0 N–H and O–H groups in total. The van der Waals surface area contributed by atoms with Gasteiger partial charge in [0.15, 0.2) is 0 Å². The number of rotatable bonds is 1. The first-order valence-electron chi connectivity index (χ1n) is 4.30. The molecule has 1 aliphatic carbocycles. The fraction of sp³-hybridized carbons (Fsp3) is 0.273. The van der Waals surface area contributed by atoms with E-state index in [2.05, 4.69) is 43.3 Å². The van der Waals surface area contributed by atoms with E-state index in [1.165, 1.54) is 36.4 Å². The molecule has 0 heterocycles. The largest absolute Gasteiger partial charge is 0.269 e. The van der Waals surface area contributed by atoms with Crippen molar-refractivity contribution in [1.82, 2.24) is 0 Å². The zero-order valence-electron chi connectivity index (χ0n) is 7.99. The molecule has 2 rings (SSSR count). The van der Waals surface area contributed by atoms with E-state index in [0.29, 0.717) is 3.17 Å². The molecule has 1 aromatic carbocycles. The predicted molar refractivity (Wildman–Crippen MR) is 52.5 cm³/mol. The third-order valence-electron chi connectivity index (χ3n) is 2.55. The molecule has 0 saturated heterocycles. The van der Waals surface area contributed by atoms with Gasteiger partial charge in [0.05, 0.1) is 0 Å². The van der Waals surface area contributed by atoms with Crippen LogP contribution in [0.2, 0.25) is 0 Å². The predicted octanol–water partition coefficient (Wildman–Crippen LogP) is 3.17. The first-order chi connectivity index (χ1) is 5.76. The number of fused-ring (bicyclic) bond motifs is 1. The number of hydrogen-bond acceptors (Lipinski definition) is 0. The Kier molecular flexibility index (Phi) is 4.85. The maximum absolute atomic E-state index is 2.38. The molecule has 0 fully saturated rings. The summed E-state index contributed by atoms with van der Waals surface area (Å²) in [5, 5.41) is 0. The smallest absolute Gasteiger partial charge is 0.269 e. The summed E-state index contributed by atoms with van der Waals surface area (Å²) < 4.78 is 0.427. The summed E-state index contributed by atoms with van der Waals surface area (Å²) in [4.78, 5) is 0. The van der Waals surface area contributed by atoms with Crippen LogP contribution < -0.4 is 0 Å². The summed E-state index contributed by atoms with van der Waals surface area (Å²) in [7, 11) is 0. The first-order valence-corrected chi connectivity index (χ1v) is 6.10. The van der Waals surface area contributed by atoms with Crippen LogP contribution in [0.25, 0.3) is 6.08 Å². The number of allylic oxidation sites excluding steroid dienone is 1. The van der Waals surface area contributed by atoms with Gasteiger partial charge < -0.3 is 0 Å². The molecule has 1 aromatic rings. The zero-order valence-corrected chi connectivity index (χ0v) is 11.6. The van der Waals surface area contributed by atoms with Crippen LogP contribution in [-0.4, -0.2) is 0 Å². The van der Waals surface area contributed by atoms with Crippen molar-refractivity contribution in [2.24, 2.45) is 0 Å². The summed E-state index contributed by atoms with van der Waals surface area (Å²) in [5.74, 6) is 0. The zero-order chi connectivity index (χ0) is 8.60. The molecular weight excluding hydrogens is 349 g/mol. The summed E-state index contributed by atoms with van der Waals surface area (Å²) >= 11 is 1.22. The Morgan fingerprint density at radius 1 is 1.21 bits per heavy atom. The molecule has 0 amide bonds. The molecular formula is C11H13F2Hf. The van der Waals surface area contributed by atoms with E-state index < -0.39 is 0 Å². The van der Waals surface area contributed by atoms with Gasteiger partial charge >= 0.3 is 88.4 Å². The van der Waals surface area contributed by atoms with E-state index in [4.69, 9.17) is 0 Å². The van der Waals surface area contributed by atoms with Gasteiger partial charge in [0.1, 0.15) is 0 Å². The Morgan fingerprint density at radius 2 is 1.86 bits per heavy atom. The number of hydrogen-bond donors (Lipinski definition) is 0. The summed E-state index contributed by atoms with van der Waals surface area (Å²) in [6, 6.07) is 8.74. The number of benzene rings is 1. The molecule has 0 bridgehead atoms. The van der Waals surface area contributed by atoms with Crippen LogP contribution in [0.3, 0.4) is 0 Å². The maximum Gasteiger partial charge on any atom is -0.269 e. The van der Waals surface area contributed by atoms with Crippen LogP contribution in [0.15, 0.2) is 30.3 Å². The van der Waals surface area contributed by atoms with Crippen molar-refractivity contribution >= 4 is 6.08 Å². The summed E-state index contributed by atoms with van der Waals surface area (Å²) in [6.07, 6.45) is 5.89. The van der Waals surface area contributed by atoms with Gasteiger partial charge in [0.25, 0.3) is 0 Å². The molecule has 0 radical (unpaired) electrons. The second kappa shape index (κ2) is 4.96. The van der Waals surface area contributed by atoms with Crippen molar-refractivity contribution in [1.29, 1.82) is 0 Å². The normalized spacial score (nSPS) is 22.0. The second-order valence-corrected chi connectivity index (χ2v) is 6.45. The minimum atomic E-state index is 0. The van der Waals surface area contributed by atoms with E-state index in [0.717, 1.165) is 0 Å². The van der Waals surface area contributed by atoms with Gasteiger partial charge in [-0.2, -0.15) is 0 Å². The molecule has 1 atom stereocenters. The quantitative estimate of drug-likeness (QED) is 0.674. The topological polar surface area (TPSA) is 0 Å². The van der Waals surface area contributed by atoms with Gasteiger partial charge in [0, 0.05) is 0 Å². The molecule has 75 valence electrons. The van der Waals surface area contributed by atoms with E-state index >= 15 is 0 Å². The summed E-state index contributed by atoms with van der Waals surface area (Å²) in [5.41, 5.74) is 2.97. The van der Waals surface area contributed by atoms with E-state index in [-0.39, 0.29) is 9.41 Å². The van der Waals surface area contributed by atoms with Crippen molar-refractivity contribution < 1.29 is 33.8 Å². The van der Waals surface area contributed by atoms with E-state index in [1.807, 2.05) is 0 Å².